The van der Waals surface area contributed by atoms with E-state index in [-0.39, 0.29) is 0 Å². The van der Waals surface area contributed by atoms with Crippen LogP contribution in [-0.4, -0.2) is 10.9 Å². The van der Waals surface area contributed by atoms with Gasteiger partial charge in [-0.25, -0.2) is 0 Å². The minimum Gasteiger partial charge on any atom is -0.261 e. The van der Waals surface area contributed by atoms with Crippen LogP contribution in [0.1, 0.15) is 69.9 Å². The SMILES string of the molecule is ClCCCCCCCCCCCCc1ccccn1. The maximum absolute atomic E-state index is 5.65. The first-order chi connectivity index (χ1) is 9.43. The summed E-state index contributed by atoms with van der Waals surface area (Å²) in [5.74, 6) is 0.830. The molecular formula is C17H28ClN. The van der Waals surface area contributed by atoms with Crippen molar-refractivity contribution in [2.75, 3.05) is 5.88 Å². The van der Waals surface area contributed by atoms with Crippen molar-refractivity contribution in [2.24, 2.45) is 0 Å². The number of hydrogen-bond acceptors (Lipinski definition) is 1. The molecule has 0 aliphatic carbocycles. The van der Waals surface area contributed by atoms with E-state index < -0.39 is 0 Å². The number of hydrogen-bond donors (Lipinski definition) is 0. The molecule has 0 fully saturated rings. The van der Waals surface area contributed by atoms with Crippen molar-refractivity contribution < 1.29 is 0 Å². The highest BCUT2D eigenvalue weighted by atomic mass is 35.5. The Morgan fingerprint density at radius 1 is 0.737 bits per heavy atom. The van der Waals surface area contributed by atoms with E-state index in [1.165, 1.54) is 69.9 Å². The van der Waals surface area contributed by atoms with Crippen LogP contribution in [0.15, 0.2) is 24.4 Å². The van der Waals surface area contributed by atoms with Gasteiger partial charge in [0.15, 0.2) is 0 Å². The molecule has 0 saturated carbocycles. The normalized spacial score (nSPS) is 10.8. The molecule has 0 saturated heterocycles. The van der Waals surface area contributed by atoms with Crippen LogP contribution in [0.4, 0.5) is 0 Å². The lowest BCUT2D eigenvalue weighted by atomic mass is 10.1. The molecule has 0 N–H and O–H groups in total. The number of aryl methyl sites for hydroxylation is 1. The van der Waals surface area contributed by atoms with Crippen molar-refractivity contribution in [1.29, 1.82) is 0 Å². The molecule has 1 nitrogen and oxygen atoms in total. The Kier molecular flexibility index (Phi) is 10.8. The fourth-order valence-corrected chi connectivity index (χ4v) is 2.55. The van der Waals surface area contributed by atoms with E-state index in [2.05, 4.69) is 17.1 Å². The molecule has 0 aliphatic rings. The number of halogens is 1. The average Bonchev–Trinajstić information content (AvgIpc) is 2.46. The highest BCUT2D eigenvalue weighted by Gasteiger charge is 1.95. The van der Waals surface area contributed by atoms with E-state index in [0.717, 1.165) is 12.3 Å². The molecule has 1 heterocycles. The van der Waals surface area contributed by atoms with E-state index >= 15 is 0 Å². The third-order valence-electron chi connectivity index (χ3n) is 3.54. The Labute approximate surface area is 123 Å². The Bertz CT molecular complexity index is 287. The van der Waals surface area contributed by atoms with Gasteiger partial charge < -0.3 is 0 Å². The van der Waals surface area contributed by atoms with Gasteiger partial charge in [0.1, 0.15) is 0 Å². The summed E-state index contributed by atoms with van der Waals surface area (Å²) < 4.78 is 0. The molecule has 0 spiro atoms. The first kappa shape index (κ1) is 16.5. The Balaban J connectivity index is 1.79. The number of unbranched alkanes of at least 4 members (excludes halogenated alkanes) is 9. The highest BCUT2D eigenvalue weighted by molar-refractivity contribution is 6.17. The molecule has 2 heteroatoms. The van der Waals surface area contributed by atoms with Crippen LogP contribution in [0.5, 0.6) is 0 Å². The first-order valence-corrected chi connectivity index (χ1v) is 8.43. The minimum absolute atomic E-state index is 0.830. The van der Waals surface area contributed by atoms with Crippen molar-refractivity contribution in [2.45, 2.75) is 70.6 Å². The summed E-state index contributed by atoms with van der Waals surface area (Å²) >= 11 is 5.65. The Morgan fingerprint density at radius 3 is 1.84 bits per heavy atom. The molecular weight excluding hydrogens is 254 g/mol. The van der Waals surface area contributed by atoms with Gasteiger partial charge in [-0.2, -0.15) is 0 Å². The van der Waals surface area contributed by atoms with Gasteiger partial charge in [-0.05, 0) is 31.4 Å². The molecule has 0 unspecified atom stereocenters. The lowest BCUT2D eigenvalue weighted by Gasteiger charge is -2.02. The van der Waals surface area contributed by atoms with E-state index in [4.69, 9.17) is 11.6 Å². The molecule has 1 aromatic rings. The highest BCUT2D eigenvalue weighted by Crippen LogP contribution is 2.11. The molecule has 19 heavy (non-hydrogen) atoms. The van der Waals surface area contributed by atoms with Crippen LogP contribution in [0.25, 0.3) is 0 Å². The molecule has 0 aromatic carbocycles. The average molecular weight is 282 g/mol. The standard InChI is InChI=1S/C17H28ClN/c18-15-11-8-6-4-2-1-3-5-7-9-13-17-14-10-12-16-19-17/h10,12,14,16H,1-9,11,13,15H2. The van der Waals surface area contributed by atoms with Crippen LogP contribution >= 0.6 is 11.6 Å². The van der Waals surface area contributed by atoms with Gasteiger partial charge in [-0.1, -0.05) is 57.4 Å². The van der Waals surface area contributed by atoms with Gasteiger partial charge in [0.05, 0.1) is 0 Å². The third kappa shape index (κ3) is 9.95. The van der Waals surface area contributed by atoms with Gasteiger partial charge in [-0.15, -0.1) is 11.6 Å². The van der Waals surface area contributed by atoms with Gasteiger partial charge in [0.25, 0.3) is 0 Å². The Morgan fingerprint density at radius 2 is 1.32 bits per heavy atom. The molecule has 0 radical (unpaired) electrons. The summed E-state index contributed by atoms with van der Waals surface area (Å²) in [5.41, 5.74) is 1.24. The summed E-state index contributed by atoms with van der Waals surface area (Å²) in [5, 5.41) is 0. The minimum atomic E-state index is 0.830. The second-order valence-electron chi connectivity index (χ2n) is 5.30. The van der Waals surface area contributed by atoms with Crippen molar-refractivity contribution in [1.82, 2.24) is 4.98 Å². The monoisotopic (exact) mass is 281 g/mol. The van der Waals surface area contributed by atoms with Gasteiger partial charge >= 0.3 is 0 Å². The zero-order valence-corrected chi connectivity index (χ0v) is 12.9. The van der Waals surface area contributed by atoms with E-state index in [9.17, 15) is 0 Å². The maximum Gasteiger partial charge on any atom is 0.0403 e. The van der Waals surface area contributed by atoms with Crippen molar-refractivity contribution in [3.8, 4) is 0 Å². The van der Waals surface area contributed by atoms with Crippen LogP contribution < -0.4 is 0 Å². The maximum atomic E-state index is 5.65. The lowest BCUT2D eigenvalue weighted by Crippen LogP contribution is -1.89. The zero-order chi connectivity index (χ0) is 13.6. The largest absolute Gasteiger partial charge is 0.261 e. The smallest absolute Gasteiger partial charge is 0.0403 e. The Hall–Kier alpha value is -0.560. The summed E-state index contributed by atoms with van der Waals surface area (Å²) in [7, 11) is 0. The van der Waals surface area contributed by atoms with Gasteiger partial charge in [0.2, 0.25) is 0 Å². The summed E-state index contributed by atoms with van der Waals surface area (Å²) in [6, 6.07) is 6.18. The van der Waals surface area contributed by atoms with Crippen molar-refractivity contribution in [3.63, 3.8) is 0 Å². The first-order valence-electron chi connectivity index (χ1n) is 7.89. The molecule has 108 valence electrons. The van der Waals surface area contributed by atoms with Crippen LogP contribution in [0, 0.1) is 0 Å². The quantitative estimate of drug-likeness (QED) is 0.350. The van der Waals surface area contributed by atoms with Crippen molar-refractivity contribution >= 4 is 11.6 Å². The van der Waals surface area contributed by atoms with Crippen LogP contribution in [0.2, 0.25) is 0 Å². The topological polar surface area (TPSA) is 12.9 Å². The van der Waals surface area contributed by atoms with E-state index in [1.54, 1.807) is 0 Å². The summed E-state index contributed by atoms with van der Waals surface area (Å²) in [6.45, 7) is 0. The molecule has 1 rings (SSSR count). The fourth-order valence-electron chi connectivity index (χ4n) is 2.36. The predicted molar refractivity (Wildman–Crippen MR) is 84.8 cm³/mol. The molecule has 1 aromatic heterocycles. The second kappa shape index (κ2) is 12.5. The van der Waals surface area contributed by atoms with Crippen LogP contribution in [-0.2, 0) is 6.42 Å². The number of aromatic nitrogens is 1. The second-order valence-corrected chi connectivity index (χ2v) is 5.67. The van der Waals surface area contributed by atoms with E-state index in [1.807, 2.05) is 12.3 Å². The molecule has 0 amide bonds. The van der Waals surface area contributed by atoms with Gasteiger partial charge in [-0.3, -0.25) is 4.98 Å². The predicted octanol–water partition coefficient (Wildman–Crippen LogP) is 5.76. The number of nitrogens with zero attached hydrogens (tertiary/aromatic N) is 1. The zero-order valence-electron chi connectivity index (χ0n) is 12.1. The van der Waals surface area contributed by atoms with Gasteiger partial charge in [0, 0.05) is 17.8 Å². The van der Waals surface area contributed by atoms with Crippen LogP contribution in [0.3, 0.4) is 0 Å². The molecule has 0 atom stereocenters. The van der Waals surface area contributed by atoms with E-state index in [0.29, 0.717) is 0 Å². The summed E-state index contributed by atoms with van der Waals surface area (Å²) in [6.07, 6.45) is 16.5. The molecule has 0 aliphatic heterocycles. The number of pyridine rings is 1. The lowest BCUT2D eigenvalue weighted by molar-refractivity contribution is 0.556. The molecule has 0 bridgehead atoms. The van der Waals surface area contributed by atoms with Crippen molar-refractivity contribution in [3.05, 3.63) is 30.1 Å². The third-order valence-corrected chi connectivity index (χ3v) is 3.81. The fraction of sp³-hybridized carbons (Fsp3) is 0.706. The number of rotatable bonds is 12. The summed E-state index contributed by atoms with van der Waals surface area (Å²) in [4.78, 5) is 4.35. The number of alkyl halides is 1.